The van der Waals surface area contributed by atoms with Crippen molar-refractivity contribution in [2.24, 2.45) is 0 Å². The molecule has 1 unspecified atom stereocenters. The van der Waals surface area contributed by atoms with Crippen LogP contribution in [0.1, 0.15) is 43.1 Å². The number of aromatic nitrogens is 3. The van der Waals surface area contributed by atoms with Gasteiger partial charge in [0.2, 0.25) is 11.8 Å². The van der Waals surface area contributed by atoms with Gasteiger partial charge in [-0.2, -0.15) is 10.2 Å². The Hall–Kier alpha value is -5.06. The van der Waals surface area contributed by atoms with Gasteiger partial charge in [-0.05, 0) is 57.2 Å². The highest BCUT2D eigenvalue weighted by atomic mass is 19.3. The molecule has 1 aliphatic heterocycles. The van der Waals surface area contributed by atoms with Gasteiger partial charge in [0.25, 0.3) is 5.91 Å². The molecule has 0 aliphatic carbocycles. The number of anilines is 2. The molecule has 1 aliphatic rings. The van der Waals surface area contributed by atoms with Gasteiger partial charge >= 0.3 is 12.0 Å². The first-order valence-electron chi connectivity index (χ1n) is 13.6. The van der Waals surface area contributed by atoms with Gasteiger partial charge in [-0.1, -0.05) is 0 Å². The van der Waals surface area contributed by atoms with Crippen molar-refractivity contribution in [1.82, 2.24) is 24.8 Å². The molecule has 0 saturated carbocycles. The van der Waals surface area contributed by atoms with Gasteiger partial charge in [0.1, 0.15) is 28.8 Å². The molecule has 1 fully saturated rings. The maximum Gasteiger partial charge on any atom is 0.410 e. The van der Waals surface area contributed by atoms with Crippen LogP contribution in [0.25, 0.3) is 11.3 Å². The number of benzene rings is 1. The summed E-state index contributed by atoms with van der Waals surface area (Å²) in [7, 11) is 4.65. The van der Waals surface area contributed by atoms with Gasteiger partial charge in [0, 0.05) is 38.8 Å². The van der Waals surface area contributed by atoms with Crippen LogP contribution in [0.15, 0.2) is 42.6 Å². The monoisotopic (exact) mass is 609 g/mol. The lowest BCUT2D eigenvalue weighted by atomic mass is 10.0. The van der Waals surface area contributed by atoms with Gasteiger partial charge in [-0.25, -0.2) is 23.5 Å². The second kappa shape index (κ2) is 12.7. The molecule has 14 heteroatoms. The number of hydrogen-bond donors (Lipinski definition) is 1. The van der Waals surface area contributed by atoms with Crippen molar-refractivity contribution in [3.05, 3.63) is 53.7 Å². The maximum atomic E-state index is 15.0. The Labute approximate surface area is 253 Å². The lowest BCUT2D eigenvalue weighted by Gasteiger charge is -2.38. The summed E-state index contributed by atoms with van der Waals surface area (Å²) in [6.07, 6.45) is -1.01. The number of rotatable bonds is 7. The van der Waals surface area contributed by atoms with Crippen LogP contribution < -0.4 is 14.8 Å². The first-order chi connectivity index (χ1) is 20.7. The average Bonchev–Trinajstić information content (AvgIpc) is 2.96. The Bertz CT molecular complexity index is 1590. The van der Waals surface area contributed by atoms with E-state index in [2.05, 4.69) is 20.3 Å². The molecule has 3 aromatic rings. The number of amides is 2. The number of hydrogen-bond acceptors (Lipinski definition) is 10. The smallest absolute Gasteiger partial charge is 0.410 e. The average molecular weight is 610 g/mol. The molecule has 0 bridgehead atoms. The highest BCUT2D eigenvalue weighted by Gasteiger charge is 2.48. The highest BCUT2D eigenvalue weighted by molar-refractivity contribution is 5.96. The summed E-state index contributed by atoms with van der Waals surface area (Å²) in [5.74, 6) is -3.02. The van der Waals surface area contributed by atoms with E-state index in [0.29, 0.717) is 17.1 Å². The Morgan fingerprint density at radius 1 is 1.16 bits per heavy atom. The molecule has 0 spiro atoms. The second-order valence-corrected chi connectivity index (χ2v) is 11.2. The van der Waals surface area contributed by atoms with Crippen LogP contribution in [0.4, 0.5) is 25.3 Å². The number of nitriles is 1. The van der Waals surface area contributed by atoms with E-state index in [4.69, 9.17) is 14.2 Å². The van der Waals surface area contributed by atoms with E-state index in [-0.39, 0.29) is 47.6 Å². The number of alkyl halides is 2. The van der Waals surface area contributed by atoms with E-state index in [1.165, 1.54) is 30.3 Å². The van der Waals surface area contributed by atoms with Gasteiger partial charge in [0.15, 0.2) is 6.10 Å². The minimum atomic E-state index is -3.37. The molecule has 44 heavy (non-hydrogen) atoms. The Kier molecular flexibility index (Phi) is 9.17. The topological polar surface area (TPSA) is 143 Å². The summed E-state index contributed by atoms with van der Waals surface area (Å²) < 4.78 is 46.2. The Morgan fingerprint density at radius 3 is 2.55 bits per heavy atom. The number of nitrogens with one attached hydrogen (secondary N) is 1. The van der Waals surface area contributed by atoms with Crippen LogP contribution >= 0.6 is 0 Å². The predicted molar refractivity (Wildman–Crippen MR) is 156 cm³/mol. The number of nitrogens with zero attached hydrogens (tertiary/aromatic N) is 6. The number of halogens is 2. The minimum absolute atomic E-state index is 0.0114. The van der Waals surface area contributed by atoms with Crippen molar-refractivity contribution < 1.29 is 32.6 Å². The molecule has 12 nitrogen and oxygen atoms in total. The number of likely N-dealkylation sites (tertiary alicyclic amines) is 1. The minimum Gasteiger partial charge on any atom is -0.483 e. The standard InChI is InChI=1S/C30H33F2N7O5/c1-29(2,3)44-28(41)39-14-12-23(30(31,32)17-39)43-22-9-7-18(15-19(22)16-33)21-11-13-34-27(35-21)37-24-10-8-20(25(36-24)42-6)26(40)38(4)5/h7-11,13,15,23H,12,14,17H2,1-6H3,(H,34,35,36,37). The molecular weight excluding hydrogens is 576 g/mol. The summed E-state index contributed by atoms with van der Waals surface area (Å²) in [6, 6.07) is 11.3. The number of carbonyl (C=O) groups excluding carboxylic acids is 2. The molecular formula is C30H33F2N7O5. The number of methoxy groups -OCH3 is 1. The largest absolute Gasteiger partial charge is 0.483 e. The zero-order chi connectivity index (χ0) is 32.2. The van der Waals surface area contributed by atoms with Crippen LogP contribution in [-0.2, 0) is 4.74 Å². The first kappa shape index (κ1) is 31.9. The van der Waals surface area contributed by atoms with Crippen LogP contribution in [0.3, 0.4) is 0 Å². The Morgan fingerprint density at radius 2 is 1.91 bits per heavy atom. The van der Waals surface area contributed by atoms with Crippen molar-refractivity contribution in [3.8, 4) is 29.0 Å². The van der Waals surface area contributed by atoms with Crippen molar-refractivity contribution in [2.75, 3.05) is 39.6 Å². The molecule has 2 amide bonds. The fourth-order valence-corrected chi connectivity index (χ4v) is 4.34. The number of piperidine rings is 1. The van der Waals surface area contributed by atoms with E-state index >= 15 is 8.78 Å². The summed E-state index contributed by atoms with van der Waals surface area (Å²) in [5.41, 5.74) is 0.466. The molecule has 1 N–H and O–H groups in total. The molecule has 2 aromatic heterocycles. The van der Waals surface area contributed by atoms with Crippen LogP contribution in [-0.4, -0.2) is 88.7 Å². The van der Waals surface area contributed by atoms with E-state index in [1.807, 2.05) is 6.07 Å². The van der Waals surface area contributed by atoms with Crippen molar-refractivity contribution in [1.29, 1.82) is 5.26 Å². The van der Waals surface area contributed by atoms with Crippen LogP contribution in [0.2, 0.25) is 0 Å². The third kappa shape index (κ3) is 7.47. The van der Waals surface area contributed by atoms with Crippen molar-refractivity contribution in [2.45, 2.75) is 44.8 Å². The number of ether oxygens (including phenoxy) is 3. The second-order valence-electron chi connectivity index (χ2n) is 11.2. The third-order valence-electron chi connectivity index (χ3n) is 6.44. The van der Waals surface area contributed by atoms with Crippen molar-refractivity contribution in [3.63, 3.8) is 0 Å². The molecule has 1 saturated heterocycles. The summed E-state index contributed by atoms with van der Waals surface area (Å²) in [6.45, 7) is 4.14. The van der Waals surface area contributed by atoms with E-state index in [0.717, 1.165) is 4.90 Å². The van der Waals surface area contributed by atoms with Gasteiger partial charge < -0.3 is 29.3 Å². The molecule has 1 aromatic carbocycles. The summed E-state index contributed by atoms with van der Waals surface area (Å²) in [5, 5.41) is 12.8. The van der Waals surface area contributed by atoms with Crippen LogP contribution in [0, 0.1) is 11.3 Å². The van der Waals surface area contributed by atoms with Gasteiger partial charge in [0.05, 0.1) is 24.9 Å². The van der Waals surface area contributed by atoms with Gasteiger partial charge in [-0.15, -0.1) is 0 Å². The molecule has 3 heterocycles. The fourth-order valence-electron chi connectivity index (χ4n) is 4.34. The van der Waals surface area contributed by atoms with E-state index < -0.39 is 30.3 Å². The lowest BCUT2D eigenvalue weighted by Crippen LogP contribution is -2.56. The normalized spacial score (nSPS) is 16.0. The zero-order valence-corrected chi connectivity index (χ0v) is 25.2. The molecule has 232 valence electrons. The number of carbonyl (C=O) groups is 2. The van der Waals surface area contributed by atoms with E-state index in [9.17, 15) is 14.9 Å². The third-order valence-corrected chi connectivity index (χ3v) is 6.44. The van der Waals surface area contributed by atoms with E-state index in [1.54, 1.807) is 59.1 Å². The van der Waals surface area contributed by atoms with Crippen molar-refractivity contribution >= 4 is 23.8 Å². The van der Waals surface area contributed by atoms with Gasteiger partial charge in [-0.3, -0.25) is 4.79 Å². The summed E-state index contributed by atoms with van der Waals surface area (Å²) >= 11 is 0. The summed E-state index contributed by atoms with van der Waals surface area (Å²) in [4.78, 5) is 40.0. The molecule has 0 radical (unpaired) electrons. The zero-order valence-electron chi connectivity index (χ0n) is 25.2. The Balaban J connectivity index is 1.49. The predicted octanol–water partition coefficient (Wildman–Crippen LogP) is 4.89. The molecule has 1 atom stereocenters. The molecule has 4 rings (SSSR count). The van der Waals surface area contributed by atoms with Crippen LogP contribution in [0.5, 0.6) is 11.6 Å². The quantitative estimate of drug-likeness (QED) is 0.393. The lowest BCUT2D eigenvalue weighted by molar-refractivity contribution is -0.137. The first-order valence-corrected chi connectivity index (χ1v) is 13.6. The fraction of sp³-hybridized carbons (Fsp3) is 0.400. The SMILES string of the molecule is COc1nc(Nc2nccc(-c3ccc(OC4CCN(C(=O)OC(C)(C)C)CC4(F)F)c(C#N)c3)n2)ccc1C(=O)N(C)C. The highest BCUT2D eigenvalue weighted by Crippen LogP contribution is 2.34. The maximum absolute atomic E-state index is 15.0. The number of pyridine rings is 1.